The zero-order chi connectivity index (χ0) is 12.3. The van der Waals surface area contributed by atoms with Crippen molar-refractivity contribution in [3.63, 3.8) is 0 Å². The number of nitrogens with zero attached hydrogens (tertiary/aromatic N) is 1. The highest BCUT2D eigenvalue weighted by atomic mass is 32.1. The summed E-state index contributed by atoms with van der Waals surface area (Å²) in [5, 5.41) is 5.74. The highest BCUT2D eigenvalue weighted by Crippen LogP contribution is 2.28. The van der Waals surface area contributed by atoms with Gasteiger partial charge < -0.3 is 10.2 Å². The molecule has 96 valence electrons. The fourth-order valence-electron chi connectivity index (χ4n) is 2.64. The van der Waals surface area contributed by atoms with E-state index in [1.165, 1.54) is 30.9 Å². The van der Waals surface area contributed by atoms with Crippen LogP contribution in [0.1, 0.15) is 32.1 Å². The van der Waals surface area contributed by atoms with Crippen LogP contribution in [0.4, 0.5) is 0 Å². The summed E-state index contributed by atoms with van der Waals surface area (Å²) in [5.41, 5.74) is 0.276. The zero-order valence-electron chi connectivity index (χ0n) is 11.2. The maximum absolute atomic E-state index is 3.56. The SMILES string of the molecule is CC1CN(CC(C)(C)c2cccs2)CCCN1. The Hall–Kier alpha value is -0.380. The average molecular weight is 252 g/mol. The zero-order valence-corrected chi connectivity index (χ0v) is 12.0. The smallest absolute Gasteiger partial charge is 0.0166 e. The number of rotatable bonds is 3. The van der Waals surface area contributed by atoms with Crippen molar-refractivity contribution in [3.05, 3.63) is 22.4 Å². The Labute approximate surface area is 109 Å². The van der Waals surface area contributed by atoms with Crippen LogP contribution in [0.5, 0.6) is 0 Å². The number of hydrogen-bond donors (Lipinski definition) is 1. The van der Waals surface area contributed by atoms with E-state index in [0.29, 0.717) is 6.04 Å². The summed E-state index contributed by atoms with van der Waals surface area (Å²) in [4.78, 5) is 4.12. The van der Waals surface area contributed by atoms with Gasteiger partial charge in [-0.2, -0.15) is 0 Å². The summed E-state index contributed by atoms with van der Waals surface area (Å²) in [5.74, 6) is 0. The third kappa shape index (κ3) is 3.54. The van der Waals surface area contributed by atoms with Gasteiger partial charge in [0.15, 0.2) is 0 Å². The molecule has 2 heterocycles. The minimum Gasteiger partial charge on any atom is -0.313 e. The van der Waals surface area contributed by atoms with Crippen molar-refractivity contribution < 1.29 is 0 Å². The molecule has 1 aliphatic heterocycles. The van der Waals surface area contributed by atoms with Crippen LogP contribution in [0.15, 0.2) is 17.5 Å². The molecule has 2 nitrogen and oxygen atoms in total. The topological polar surface area (TPSA) is 15.3 Å². The maximum Gasteiger partial charge on any atom is 0.0166 e. The molecule has 3 heteroatoms. The van der Waals surface area contributed by atoms with Crippen molar-refractivity contribution in [2.45, 2.75) is 38.6 Å². The number of thiophene rings is 1. The van der Waals surface area contributed by atoms with Gasteiger partial charge in [0.25, 0.3) is 0 Å². The molecule has 0 aliphatic carbocycles. The standard InChI is InChI=1S/C14H24N2S/c1-12-10-16(8-5-7-15-12)11-14(2,3)13-6-4-9-17-13/h4,6,9,12,15H,5,7-8,10-11H2,1-3H3. The fraction of sp³-hybridized carbons (Fsp3) is 0.714. The molecule has 0 bridgehead atoms. The molecule has 0 spiro atoms. The lowest BCUT2D eigenvalue weighted by Crippen LogP contribution is -2.41. The monoisotopic (exact) mass is 252 g/mol. The maximum atomic E-state index is 3.56. The second-order valence-electron chi connectivity index (χ2n) is 5.81. The van der Waals surface area contributed by atoms with Gasteiger partial charge in [-0.3, -0.25) is 0 Å². The third-order valence-electron chi connectivity index (χ3n) is 3.48. The first kappa shape index (κ1) is 13.1. The average Bonchev–Trinajstić information content (AvgIpc) is 2.71. The van der Waals surface area contributed by atoms with Crippen molar-refractivity contribution in [3.8, 4) is 0 Å². The van der Waals surface area contributed by atoms with Crippen LogP contribution in [0.25, 0.3) is 0 Å². The first-order valence-corrected chi connectivity index (χ1v) is 7.45. The number of nitrogens with one attached hydrogen (secondary N) is 1. The third-order valence-corrected chi connectivity index (χ3v) is 4.72. The highest BCUT2D eigenvalue weighted by Gasteiger charge is 2.26. The highest BCUT2D eigenvalue weighted by molar-refractivity contribution is 7.10. The van der Waals surface area contributed by atoms with E-state index in [1.54, 1.807) is 0 Å². The lowest BCUT2D eigenvalue weighted by Gasteiger charge is -2.32. The van der Waals surface area contributed by atoms with E-state index in [9.17, 15) is 0 Å². The molecule has 1 aromatic heterocycles. The Morgan fingerprint density at radius 3 is 3.06 bits per heavy atom. The molecule has 0 saturated carbocycles. The van der Waals surface area contributed by atoms with E-state index >= 15 is 0 Å². The van der Waals surface area contributed by atoms with Gasteiger partial charge in [0.2, 0.25) is 0 Å². The lowest BCUT2D eigenvalue weighted by molar-refractivity contribution is 0.225. The van der Waals surface area contributed by atoms with E-state index in [0.717, 1.165) is 6.54 Å². The molecule has 1 saturated heterocycles. The van der Waals surface area contributed by atoms with Crippen LogP contribution in [-0.4, -0.2) is 37.1 Å². The first-order valence-electron chi connectivity index (χ1n) is 6.58. The Morgan fingerprint density at radius 2 is 2.35 bits per heavy atom. The molecular weight excluding hydrogens is 228 g/mol. The summed E-state index contributed by atoms with van der Waals surface area (Å²) >= 11 is 1.88. The Balaban J connectivity index is 1.99. The summed E-state index contributed by atoms with van der Waals surface area (Å²) < 4.78 is 0. The van der Waals surface area contributed by atoms with Gasteiger partial charge in [-0.1, -0.05) is 19.9 Å². The van der Waals surface area contributed by atoms with Gasteiger partial charge in [-0.15, -0.1) is 11.3 Å². The molecule has 17 heavy (non-hydrogen) atoms. The van der Waals surface area contributed by atoms with E-state index in [2.05, 4.69) is 48.5 Å². The number of hydrogen-bond acceptors (Lipinski definition) is 3. The summed E-state index contributed by atoms with van der Waals surface area (Å²) in [6.45, 7) is 11.7. The molecule has 1 N–H and O–H groups in total. The molecule has 1 atom stereocenters. The van der Waals surface area contributed by atoms with Crippen LogP contribution in [0, 0.1) is 0 Å². The van der Waals surface area contributed by atoms with Gasteiger partial charge in [0.05, 0.1) is 0 Å². The molecular formula is C14H24N2S. The largest absolute Gasteiger partial charge is 0.313 e. The van der Waals surface area contributed by atoms with Crippen LogP contribution in [0.3, 0.4) is 0 Å². The molecule has 0 amide bonds. The molecule has 1 unspecified atom stereocenters. The normalized spacial score (nSPS) is 23.6. The molecule has 1 aliphatic rings. The predicted octanol–water partition coefficient (Wildman–Crippen LogP) is 2.71. The minimum absolute atomic E-state index is 0.276. The van der Waals surface area contributed by atoms with Crippen LogP contribution >= 0.6 is 11.3 Å². The van der Waals surface area contributed by atoms with E-state index in [-0.39, 0.29) is 5.41 Å². The van der Waals surface area contributed by atoms with E-state index < -0.39 is 0 Å². The van der Waals surface area contributed by atoms with Gasteiger partial charge in [0.1, 0.15) is 0 Å². The van der Waals surface area contributed by atoms with Crippen molar-refractivity contribution in [1.29, 1.82) is 0 Å². The van der Waals surface area contributed by atoms with Crippen molar-refractivity contribution in [2.24, 2.45) is 0 Å². The Morgan fingerprint density at radius 1 is 1.53 bits per heavy atom. The summed E-state index contributed by atoms with van der Waals surface area (Å²) in [6.07, 6.45) is 1.27. The van der Waals surface area contributed by atoms with E-state index in [4.69, 9.17) is 0 Å². The minimum atomic E-state index is 0.276. The summed E-state index contributed by atoms with van der Waals surface area (Å²) in [7, 11) is 0. The van der Waals surface area contributed by atoms with Crippen molar-refractivity contribution in [1.82, 2.24) is 10.2 Å². The molecule has 0 radical (unpaired) electrons. The van der Waals surface area contributed by atoms with Crippen LogP contribution in [0.2, 0.25) is 0 Å². The molecule has 0 aromatic carbocycles. The van der Waals surface area contributed by atoms with E-state index in [1.807, 2.05) is 11.3 Å². The van der Waals surface area contributed by atoms with Gasteiger partial charge in [-0.05, 0) is 37.9 Å². The fourth-order valence-corrected chi connectivity index (χ4v) is 3.48. The Kier molecular flexibility index (Phi) is 4.23. The van der Waals surface area contributed by atoms with Crippen molar-refractivity contribution >= 4 is 11.3 Å². The predicted molar refractivity (Wildman–Crippen MR) is 75.9 cm³/mol. The molecule has 1 aromatic rings. The first-order chi connectivity index (χ1) is 8.08. The van der Waals surface area contributed by atoms with Crippen LogP contribution < -0.4 is 5.32 Å². The van der Waals surface area contributed by atoms with Gasteiger partial charge in [-0.25, -0.2) is 0 Å². The van der Waals surface area contributed by atoms with Gasteiger partial charge >= 0.3 is 0 Å². The lowest BCUT2D eigenvalue weighted by atomic mass is 9.90. The quantitative estimate of drug-likeness (QED) is 0.890. The second-order valence-corrected chi connectivity index (χ2v) is 6.75. The van der Waals surface area contributed by atoms with Crippen molar-refractivity contribution in [2.75, 3.05) is 26.2 Å². The summed E-state index contributed by atoms with van der Waals surface area (Å²) in [6, 6.07) is 5.05. The van der Waals surface area contributed by atoms with Gasteiger partial charge in [0, 0.05) is 29.4 Å². The Bertz CT molecular complexity index is 332. The second kappa shape index (κ2) is 5.51. The molecule has 1 fully saturated rings. The molecule has 2 rings (SSSR count). The van der Waals surface area contributed by atoms with Crippen LogP contribution in [-0.2, 0) is 5.41 Å².